The SMILES string of the molecule is C=CCC=CCCCl. The number of rotatable bonds is 4. The van der Waals surface area contributed by atoms with Gasteiger partial charge in [-0.25, -0.2) is 0 Å². The standard InChI is InChI=1S/C7H11Cl/c1-2-3-4-5-6-7-8/h2,4-5H,1,3,6-7H2. The van der Waals surface area contributed by atoms with Crippen LogP contribution < -0.4 is 0 Å². The molecule has 1 heteroatoms. The Morgan fingerprint density at radius 2 is 2.12 bits per heavy atom. The van der Waals surface area contributed by atoms with E-state index in [4.69, 9.17) is 11.6 Å². The van der Waals surface area contributed by atoms with E-state index in [-0.39, 0.29) is 0 Å². The van der Waals surface area contributed by atoms with Crippen LogP contribution in [-0.4, -0.2) is 5.88 Å². The first-order valence-corrected chi connectivity index (χ1v) is 3.27. The topological polar surface area (TPSA) is 0 Å². The fraction of sp³-hybridized carbons (Fsp3) is 0.429. The third-order valence-corrected chi connectivity index (χ3v) is 0.963. The highest BCUT2D eigenvalue weighted by molar-refractivity contribution is 6.17. The maximum atomic E-state index is 5.40. The molecule has 0 unspecified atom stereocenters. The molecule has 0 heterocycles. The van der Waals surface area contributed by atoms with E-state index < -0.39 is 0 Å². The highest BCUT2D eigenvalue weighted by Crippen LogP contribution is 1.89. The molecule has 0 amide bonds. The molecule has 0 aromatic carbocycles. The van der Waals surface area contributed by atoms with Gasteiger partial charge in [0.25, 0.3) is 0 Å². The lowest BCUT2D eigenvalue weighted by molar-refractivity contribution is 1.21. The van der Waals surface area contributed by atoms with Crippen molar-refractivity contribution in [3.8, 4) is 0 Å². The van der Waals surface area contributed by atoms with Crippen molar-refractivity contribution >= 4 is 11.6 Å². The van der Waals surface area contributed by atoms with Gasteiger partial charge in [-0.05, 0) is 12.8 Å². The number of hydrogen-bond donors (Lipinski definition) is 0. The molecule has 0 fully saturated rings. The zero-order chi connectivity index (χ0) is 6.24. The van der Waals surface area contributed by atoms with Gasteiger partial charge in [0.2, 0.25) is 0 Å². The first-order valence-electron chi connectivity index (χ1n) is 2.73. The Balaban J connectivity index is 2.94. The summed E-state index contributed by atoms with van der Waals surface area (Å²) in [5, 5.41) is 0. The Hall–Kier alpha value is -0.230. The van der Waals surface area contributed by atoms with Crippen LogP contribution in [0.25, 0.3) is 0 Å². The van der Waals surface area contributed by atoms with Gasteiger partial charge in [-0.1, -0.05) is 18.2 Å². The summed E-state index contributed by atoms with van der Waals surface area (Å²) in [4.78, 5) is 0. The highest BCUT2D eigenvalue weighted by atomic mass is 35.5. The normalized spacial score (nSPS) is 10.1. The largest absolute Gasteiger partial charge is 0.126 e. The summed E-state index contributed by atoms with van der Waals surface area (Å²) in [6.07, 6.45) is 7.92. The molecule has 0 aromatic heterocycles. The second kappa shape index (κ2) is 6.77. The van der Waals surface area contributed by atoms with Crippen LogP contribution >= 0.6 is 11.6 Å². The van der Waals surface area contributed by atoms with E-state index in [0.29, 0.717) is 5.88 Å². The Bertz CT molecular complexity index is 74.5. The van der Waals surface area contributed by atoms with Gasteiger partial charge < -0.3 is 0 Å². The molecular formula is C7H11Cl. The third-order valence-electron chi connectivity index (χ3n) is 0.745. The summed E-state index contributed by atoms with van der Waals surface area (Å²) in [6, 6.07) is 0. The van der Waals surface area contributed by atoms with Crippen molar-refractivity contribution < 1.29 is 0 Å². The van der Waals surface area contributed by atoms with E-state index in [1.165, 1.54) is 0 Å². The van der Waals surface area contributed by atoms with Crippen molar-refractivity contribution in [2.24, 2.45) is 0 Å². The Morgan fingerprint density at radius 1 is 1.38 bits per heavy atom. The van der Waals surface area contributed by atoms with Crippen LogP contribution in [0.4, 0.5) is 0 Å². The van der Waals surface area contributed by atoms with E-state index in [2.05, 4.69) is 18.7 Å². The summed E-state index contributed by atoms with van der Waals surface area (Å²) in [5.41, 5.74) is 0. The van der Waals surface area contributed by atoms with Crippen LogP contribution in [0.1, 0.15) is 12.8 Å². The van der Waals surface area contributed by atoms with E-state index in [1.54, 1.807) is 0 Å². The lowest BCUT2D eigenvalue weighted by atomic mass is 10.3. The number of allylic oxidation sites excluding steroid dienone is 3. The van der Waals surface area contributed by atoms with Gasteiger partial charge in [-0.3, -0.25) is 0 Å². The molecule has 0 bridgehead atoms. The summed E-state index contributed by atoms with van der Waals surface area (Å²) in [7, 11) is 0. The lowest BCUT2D eigenvalue weighted by Crippen LogP contribution is -1.64. The quantitative estimate of drug-likeness (QED) is 0.406. The molecular weight excluding hydrogens is 120 g/mol. The van der Waals surface area contributed by atoms with Crippen molar-refractivity contribution in [1.82, 2.24) is 0 Å². The molecule has 8 heavy (non-hydrogen) atoms. The van der Waals surface area contributed by atoms with E-state index in [1.807, 2.05) is 6.08 Å². The van der Waals surface area contributed by atoms with Gasteiger partial charge in [0.1, 0.15) is 0 Å². The second-order valence-electron chi connectivity index (χ2n) is 1.47. The molecule has 0 saturated heterocycles. The molecule has 0 aliphatic carbocycles. The number of hydrogen-bond acceptors (Lipinski definition) is 0. The number of halogens is 1. The molecule has 0 rings (SSSR count). The zero-order valence-corrected chi connectivity index (χ0v) is 5.69. The molecule has 0 aromatic rings. The maximum Gasteiger partial charge on any atom is 0.0258 e. The molecule has 0 saturated carbocycles. The molecule has 0 spiro atoms. The minimum atomic E-state index is 0.716. The summed E-state index contributed by atoms with van der Waals surface area (Å²) < 4.78 is 0. The number of alkyl halides is 1. The predicted molar refractivity (Wildman–Crippen MR) is 39.3 cm³/mol. The van der Waals surface area contributed by atoms with Gasteiger partial charge in [-0.15, -0.1) is 18.2 Å². The van der Waals surface area contributed by atoms with E-state index in [0.717, 1.165) is 12.8 Å². The van der Waals surface area contributed by atoms with Crippen molar-refractivity contribution in [2.45, 2.75) is 12.8 Å². The molecule has 0 nitrogen and oxygen atoms in total. The van der Waals surface area contributed by atoms with Crippen LogP contribution in [0.15, 0.2) is 24.8 Å². The highest BCUT2D eigenvalue weighted by Gasteiger charge is 1.71. The molecule has 0 N–H and O–H groups in total. The second-order valence-corrected chi connectivity index (χ2v) is 1.85. The van der Waals surface area contributed by atoms with Crippen LogP contribution in [0.5, 0.6) is 0 Å². The average molecular weight is 131 g/mol. The van der Waals surface area contributed by atoms with Gasteiger partial charge >= 0.3 is 0 Å². The van der Waals surface area contributed by atoms with Crippen LogP contribution in [0.2, 0.25) is 0 Å². The van der Waals surface area contributed by atoms with Gasteiger partial charge in [0.05, 0.1) is 0 Å². The van der Waals surface area contributed by atoms with Crippen molar-refractivity contribution in [3.05, 3.63) is 24.8 Å². The molecule has 0 radical (unpaired) electrons. The van der Waals surface area contributed by atoms with Gasteiger partial charge in [-0.2, -0.15) is 0 Å². The zero-order valence-electron chi connectivity index (χ0n) is 4.94. The Morgan fingerprint density at radius 3 is 2.62 bits per heavy atom. The van der Waals surface area contributed by atoms with E-state index >= 15 is 0 Å². The molecule has 0 aliphatic heterocycles. The van der Waals surface area contributed by atoms with Crippen LogP contribution in [-0.2, 0) is 0 Å². The van der Waals surface area contributed by atoms with Crippen LogP contribution in [0.3, 0.4) is 0 Å². The van der Waals surface area contributed by atoms with Gasteiger partial charge in [0.15, 0.2) is 0 Å². The molecule has 0 aliphatic rings. The Kier molecular flexibility index (Phi) is 6.58. The lowest BCUT2D eigenvalue weighted by Gasteiger charge is -1.79. The van der Waals surface area contributed by atoms with Crippen molar-refractivity contribution in [3.63, 3.8) is 0 Å². The Labute approximate surface area is 55.9 Å². The molecule has 46 valence electrons. The fourth-order valence-electron chi connectivity index (χ4n) is 0.373. The predicted octanol–water partition coefficient (Wildman–Crippen LogP) is 2.75. The van der Waals surface area contributed by atoms with Crippen molar-refractivity contribution in [2.75, 3.05) is 5.88 Å². The fourth-order valence-corrected chi connectivity index (χ4v) is 0.499. The minimum absolute atomic E-state index is 0.716. The van der Waals surface area contributed by atoms with Crippen molar-refractivity contribution in [1.29, 1.82) is 0 Å². The van der Waals surface area contributed by atoms with Crippen LogP contribution in [0, 0.1) is 0 Å². The monoisotopic (exact) mass is 130 g/mol. The minimum Gasteiger partial charge on any atom is -0.126 e. The summed E-state index contributed by atoms with van der Waals surface area (Å²) >= 11 is 5.40. The third kappa shape index (κ3) is 5.77. The summed E-state index contributed by atoms with van der Waals surface area (Å²) in [5.74, 6) is 0.716. The maximum absolute atomic E-state index is 5.40. The first kappa shape index (κ1) is 7.77. The van der Waals surface area contributed by atoms with E-state index in [9.17, 15) is 0 Å². The summed E-state index contributed by atoms with van der Waals surface area (Å²) in [6.45, 7) is 3.57. The molecule has 0 atom stereocenters. The van der Waals surface area contributed by atoms with Gasteiger partial charge in [0, 0.05) is 5.88 Å². The smallest absolute Gasteiger partial charge is 0.0258 e. The average Bonchev–Trinajstić information content (AvgIpc) is 1.81. The first-order chi connectivity index (χ1) is 3.91.